The maximum atomic E-state index is 13.0. The fourth-order valence-electron chi connectivity index (χ4n) is 5.15. The molecule has 1 aliphatic heterocycles. The van der Waals surface area contributed by atoms with E-state index < -0.39 is 0 Å². The van der Waals surface area contributed by atoms with Gasteiger partial charge in [0.05, 0.1) is 29.1 Å². The Hall–Kier alpha value is -2.35. The first kappa shape index (κ1) is 24.3. The number of hydrogen-bond donors (Lipinski definition) is 0. The van der Waals surface area contributed by atoms with E-state index in [0.29, 0.717) is 38.2 Å². The number of carbonyl (C=O) groups is 2. The van der Waals surface area contributed by atoms with Gasteiger partial charge in [0, 0.05) is 15.6 Å². The molecule has 1 saturated heterocycles. The topological polar surface area (TPSA) is 68.2 Å². The van der Waals surface area contributed by atoms with Crippen molar-refractivity contribution in [1.29, 1.82) is 0 Å². The third-order valence-corrected chi connectivity index (χ3v) is 7.95. The molecule has 2 aromatic carbocycles. The highest BCUT2D eigenvalue weighted by Crippen LogP contribution is 2.49. The van der Waals surface area contributed by atoms with Crippen LogP contribution in [0, 0.1) is 23.7 Å². The van der Waals surface area contributed by atoms with Crippen molar-refractivity contribution >= 4 is 57.2 Å². The van der Waals surface area contributed by atoms with Crippen LogP contribution in [-0.4, -0.2) is 29.6 Å². The lowest BCUT2D eigenvalue weighted by Crippen LogP contribution is -2.38. The monoisotopic (exact) mass is 576 g/mol. The molecule has 9 heteroatoms. The summed E-state index contributed by atoms with van der Waals surface area (Å²) in [5, 5.41) is 6.41. The van der Waals surface area contributed by atoms with Crippen molar-refractivity contribution in [2.24, 2.45) is 28.8 Å². The van der Waals surface area contributed by atoms with E-state index in [2.05, 4.69) is 33.2 Å². The van der Waals surface area contributed by atoms with E-state index in [1.807, 2.05) is 13.0 Å². The highest BCUT2D eigenvalue weighted by atomic mass is 79.9. The van der Waals surface area contributed by atoms with Crippen LogP contribution >= 0.6 is 39.1 Å². The van der Waals surface area contributed by atoms with E-state index in [-0.39, 0.29) is 42.1 Å². The minimum atomic E-state index is -0.287. The summed E-state index contributed by atoms with van der Waals surface area (Å²) in [6, 6.07) is 8.79. The maximum absolute atomic E-state index is 13.0. The normalized spacial score (nSPS) is 25.0. The molecule has 0 spiro atoms. The van der Waals surface area contributed by atoms with Crippen molar-refractivity contribution in [2.75, 3.05) is 6.61 Å². The predicted molar refractivity (Wildman–Crippen MR) is 138 cm³/mol. The fraction of sp³-hybridized carbons (Fsp3) is 0.346. The van der Waals surface area contributed by atoms with E-state index in [0.717, 1.165) is 23.4 Å². The van der Waals surface area contributed by atoms with Gasteiger partial charge < -0.3 is 9.47 Å². The smallest absolute Gasteiger partial charge is 0.254 e. The average Bonchev–Trinajstić information content (AvgIpc) is 3.11. The third-order valence-electron chi connectivity index (χ3n) is 6.78. The van der Waals surface area contributed by atoms with Gasteiger partial charge in [0.2, 0.25) is 0 Å². The molecular formula is C26H23BrCl2N2O4. The van der Waals surface area contributed by atoms with Gasteiger partial charge in [-0.1, -0.05) is 41.4 Å². The van der Waals surface area contributed by atoms with Crippen LogP contribution in [0.1, 0.15) is 30.9 Å². The molecule has 35 heavy (non-hydrogen) atoms. The molecule has 3 aliphatic carbocycles. The minimum absolute atomic E-state index is 0.130. The lowest BCUT2D eigenvalue weighted by molar-refractivity contribution is -0.140. The third kappa shape index (κ3) is 4.61. The average molecular weight is 578 g/mol. The van der Waals surface area contributed by atoms with Crippen molar-refractivity contribution < 1.29 is 19.1 Å². The van der Waals surface area contributed by atoms with Crippen LogP contribution in [0.4, 0.5) is 0 Å². The summed E-state index contributed by atoms with van der Waals surface area (Å²) in [5.41, 5.74) is 1.45. The molecule has 4 atom stereocenters. The molecule has 0 unspecified atom stereocenters. The first-order valence-corrected chi connectivity index (χ1v) is 13.1. The summed E-state index contributed by atoms with van der Waals surface area (Å²) in [6.07, 6.45) is 7.60. The quantitative estimate of drug-likeness (QED) is 0.221. The summed E-state index contributed by atoms with van der Waals surface area (Å²) in [4.78, 5) is 26.0. The number of hydrogen-bond acceptors (Lipinski definition) is 5. The Kier molecular flexibility index (Phi) is 6.93. The number of fused-ring (bicyclic) bond motifs is 1. The predicted octanol–water partition coefficient (Wildman–Crippen LogP) is 6.26. The van der Waals surface area contributed by atoms with Crippen LogP contribution in [0.25, 0.3) is 0 Å². The second kappa shape index (κ2) is 9.96. The van der Waals surface area contributed by atoms with Gasteiger partial charge in [-0.3, -0.25) is 9.59 Å². The van der Waals surface area contributed by atoms with E-state index in [9.17, 15) is 9.59 Å². The molecule has 6 rings (SSSR count). The zero-order chi connectivity index (χ0) is 24.7. The highest BCUT2D eigenvalue weighted by molar-refractivity contribution is 9.10. The molecule has 182 valence electrons. The highest BCUT2D eigenvalue weighted by Gasteiger charge is 2.56. The Labute approximate surface area is 222 Å². The number of imide groups is 1. The van der Waals surface area contributed by atoms with Gasteiger partial charge in [-0.2, -0.15) is 10.1 Å². The van der Waals surface area contributed by atoms with Gasteiger partial charge in [-0.15, -0.1) is 0 Å². The van der Waals surface area contributed by atoms with E-state index in [1.165, 1.54) is 6.21 Å². The van der Waals surface area contributed by atoms with Crippen molar-refractivity contribution in [2.45, 2.75) is 26.4 Å². The largest absolute Gasteiger partial charge is 0.490 e. The Morgan fingerprint density at radius 1 is 1.06 bits per heavy atom. The molecule has 6 nitrogen and oxygen atoms in total. The molecular weight excluding hydrogens is 555 g/mol. The molecule has 4 aliphatic rings. The minimum Gasteiger partial charge on any atom is -0.490 e. The molecule has 2 fully saturated rings. The molecule has 2 aromatic rings. The second-order valence-corrected chi connectivity index (χ2v) is 10.6. The molecule has 0 N–H and O–H groups in total. The fourth-order valence-corrected chi connectivity index (χ4v) is 6.19. The van der Waals surface area contributed by atoms with Gasteiger partial charge in [0.1, 0.15) is 6.61 Å². The number of hydrazone groups is 1. The van der Waals surface area contributed by atoms with Crippen molar-refractivity contribution in [3.63, 3.8) is 0 Å². The molecule has 1 heterocycles. The van der Waals surface area contributed by atoms with Crippen LogP contribution in [-0.2, 0) is 16.2 Å². The van der Waals surface area contributed by atoms with E-state index in [4.69, 9.17) is 32.7 Å². The first-order valence-electron chi connectivity index (χ1n) is 11.5. The van der Waals surface area contributed by atoms with Gasteiger partial charge in [-0.25, -0.2) is 0 Å². The Morgan fingerprint density at radius 3 is 2.34 bits per heavy atom. The van der Waals surface area contributed by atoms with Gasteiger partial charge >= 0.3 is 0 Å². The number of amides is 2. The molecule has 2 bridgehead atoms. The summed E-state index contributed by atoms with van der Waals surface area (Å²) >= 11 is 15.8. The standard InChI is InChI=1S/C26H23BrCl2N2O4/c1-2-34-21-10-14(9-19(27)24(21)35-13-17-7-8-18(28)11-20(17)29)12-30-31-25(32)22-15-3-4-16(6-5-15)23(22)26(31)33/h3-4,7-12,15-16,22-23H,2,5-6,13H2,1H3/b30-12-/t15-,16-,22+,23+/m1/s1. The number of allylic oxidation sites excluding steroid dienone is 2. The summed E-state index contributed by atoms with van der Waals surface area (Å²) in [6.45, 7) is 2.52. The van der Waals surface area contributed by atoms with Crippen LogP contribution in [0.15, 0.2) is 52.1 Å². The zero-order valence-electron chi connectivity index (χ0n) is 18.9. The summed E-state index contributed by atoms with van der Waals surface area (Å²) in [7, 11) is 0. The van der Waals surface area contributed by atoms with Gasteiger partial charge in [0.15, 0.2) is 11.5 Å². The molecule has 1 saturated carbocycles. The Morgan fingerprint density at radius 2 is 1.74 bits per heavy atom. The van der Waals surface area contributed by atoms with Crippen molar-refractivity contribution in [3.05, 3.63) is 68.1 Å². The first-order chi connectivity index (χ1) is 16.9. The van der Waals surface area contributed by atoms with Crippen LogP contribution in [0.5, 0.6) is 11.5 Å². The number of rotatable bonds is 7. The zero-order valence-corrected chi connectivity index (χ0v) is 22.0. The van der Waals surface area contributed by atoms with Gasteiger partial charge in [0.25, 0.3) is 11.8 Å². The summed E-state index contributed by atoms with van der Waals surface area (Å²) in [5.74, 6) is 0.282. The Balaban J connectivity index is 1.36. The molecule has 2 amide bonds. The van der Waals surface area contributed by atoms with Crippen LogP contribution in [0.3, 0.4) is 0 Å². The van der Waals surface area contributed by atoms with E-state index >= 15 is 0 Å². The lowest BCUT2D eigenvalue weighted by Gasteiger charge is -2.37. The lowest BCUT2D eigenvalue weighted by atomic mass is 9.63. The SMILES string of the molecule is CCOc1cc(/C=N\N2C(=O)[C@@H]3[C@@H](C2=O)[C@@H]2C=C[C@@H]3CC2)cc(Br)c1OCc1ccc(Cl)cc1Cl. The number of carbonyl (C=O) groups excluding carboxylic acids is 2. The number of nitrogens with zero attached hydrogens (tertiary/aromatic N) is 2. The van der Waals surface area contributed by atoms with Crippen molar-refractivity contribution in [3.8, 4) is 11.5 Å². The maximum Gasteiger partial charge on any atom is 0.254 e. The van der Waals surface area contributed by atoms with Crippen LogP contribution < -0.4 is 9.47 Å². The Bertz CT molecular complexity index is 1220. The number of benzene rings is 2. The van der Waals surface area contributed by atoms with E-state index in [1.54, 1.807) is 24.3 Å². The number of ether oxygens (including phenoxy) is 2. The number of halogens is 3. The van der Waals surface area contributed by atoms with Crippen LogP contribution in [0.2, 0.25) is 10.0 Å². The molecule has 0 aromatic heterocycles. The van der Waals surface area contributed by atoms with Gasteiger partial charge in [-0.05, 0) is 77.4 Å². The van der Waals surface area contributed by atoms with Crippen molar-refractivity contribution in [1.82, 2.24) is 5.01 Å². The summed E-state index contributed by atoms with van der Waals surface area (Å²) < 4.78 is 12.5. The second-order valence-electron chi connectivity index (χ2n) is 8.86. The molecule has 0 radical (unpaired) electrons.